The Morgan fingerprint density at radius 2 is 1.81 bits per heavy atom. The number of ether oxygens (including phenoxy) is 1. The van der Waals surface area contributed by atoms with Crippen LogP contribution in [0.2, 0.25) is 0 Å². The standard InChI is InChI=1S/C17H28N2OS/c1-4-6-10-19(11-7-5-2)13-14-8-9-15(17(18)21)16(12-14)20-3/h8-9,12H,4-7,10-11,13H2,1-3H3,(H2,18,21). The molecule has 0 atom stereocenters. The summed E-state index contributed by atoms with van der Waals surface area (Å²) in [6, 6.07) is 6.12. The molecule has 0 radical (unpaired) electrons. The van der Waals surface area contributed by atoms with Crippen molar-refractivity contribution in [2.24, 2.45) is 5.73 Å². The average Bonchev–Trinajstić information content (AvgIpc) is 2.49. The molecule has 0 aliphatic rings. The molecule has 0 fully saturated rings. The van der Waals surface area contributed by atoms with Crippen LogP contribution in [0.1, 0.15) is 50.7 Å². The maximum atomic E-state index is 5.71. The van der Waals surface area contributed by atoms with Gasteiger partial charge in [0.1, 0.15) is 10.7 Å². The van der Waals surface area contributed by atoms with Gasteiger partial charge in [-0.2, -0.15) is 0 Å². The number of methoxy groups -OCH3 is 1. The first-order valence-electron chi connectivity index (χ1n) is 7.81. The summed E-state index contributed by atoms with van der Waals surface area (Å²) in [6.45, 7) is 7.72. The second kappa shape index (κ2) is 9.74. The molecule has 118 valence electrons. The van der Waals surface area contributed by atoms with Crippen molar-refractivity contribution < 1.29 is 4.74 Å². The van der Waals surface area contributed by atoms with Gasteiger partial charge in [-0.1, -0.05) is 45.0 Å². The highest BCUT2D eigenvalue weighted by Gasteiger charge is 2.10. The van der Waals surface area contributed by atoms with E-state index in [-0.39, 0.29) is 0 Å². The van der Waals surface area contributed by atoms with Crippen molar-refractivity contribution in [1.29, 1.82) is 0 Å². The predicted octanol–water partition coefficient (Wildman–Crippen LogP) is 3.73. The Hall–Kier alpha value is -1.13. The highest BCUT2D eigenvalue weighted by Crippen LogP contribution is 2.21. The average molecular weight is 308 g/mol. The van der Waals surface area contributed by atoms with Crippen LogP contribution in [0.3, 0.4) is 0 Å². The molecule has 4 heteroatoms. The van der Waals surface area contributed by atoms with Crippen molar-refractivity contribution in [3.8, 4) is 5.75 Å². The molecule has 0 aliphatic carbocycles. The lowest BCUT2D eigenvalue weighted by Gasteiger charge is -2.22. The third-order valence-electron chi connectivity index (χ3n) is 3.59. The zero-order valence-electron chi connectivity index (χ0n) is 13.5. The maximum absolute atomic E-state index is 5.71. The van der Waals surface area contributed by atoms with Gasteiger partial charge in [0.15, 0.2) is 0 Å². The molecule has 0 spiro atoms. The monoisotopic (exact) mass is 308 g/mol. The van der Waals surface area contributed by atoms with Crippen LogP contribution < -0.4 is 10.5 Å². The van der Waals surface area contributed by atoms with Gasteiger partial charge in [0.25, 0.3) is 0 Å². The number of benzene rings is 1. The van der Waals surface area contributed by atoms with E-state index in [2.05, 4.69) is 30.9 Å². The number of nitrogens with zero attached hydrogens (tertiary/aromatic N) is 1. The van der Waals surface area contributed by atoms with Gasteiger partial charge in [-0.3, -0.25) is 4.90 Å². The molecular weight excluding hydrogens is 280 g/mol. The molecule has 0 aliphatic heterocycles. The largest absolute Gasteiger partial charge is 0.496 e. The van der Waals surface area contributed by atoms with E-state index in [4.69, 9.17) is 22.7 Å². The molecule has 1 aromatic rings. The summed E-state index contributed by atoms with van der Waals surface area (Å²) in [6.07, 6.45) is 4.94. The van der Waals surface area contributed by atoms with E-state index < -0.39 is 0 Å². The van der Waals surface area contributed by atoms with E-state index in [1.54, 1.807) is 7.11 Å². The van der Waals surface area contributed by atoms with E-state index in [9.17, 15) is 0 Å². The predicted molar refractivity (Wildman–Crippen MR) is 94.0 cm³/mol. The lowest BCUT2D eigenvalue weighted by Crippen LogP contribution is -2.25. The molecule has 1 rings (SSSR count). The Morgan fingerprint density at radius 3 is 2.29 bits per heavy atom. The quantitative estimate of drug-likeness (QED) is 0.668. The fourth-order valence-corrected chi connectivity index (χ4v) is 2.50. The molecule has 0 saturated carbocycles. The Kier molecular flexibility index (Phi) is 8.31. The zero-order valence-corrected chi connectivity index (χ0v) is 14.3. The van der Waals surface area contributed by atoms with Gasteiger partial charge in [0, 0.05) is 6.54 Å². The molecule has 0 aromatic heterocycles. The van der Waals surface area contributed by atoms with E-state index >= 15 is 0 Å². The summed E-state index contributed by atoms with van der Waals surface area (Å²) in [5, 5.41) is 0. The third-order valence-corrected chi connectivity index (χ3v) is 3.81. The van der Waals surface area contributed by atoms with Crippen LogP contribution in [0.25, 0.3) is 0 Å². The number of nitrogens with two attached hydrogens (primary N) is 1. The van der Waals surface area contributed by atoms with Crippen molar-refractivity contribution in [2.75, 3.05) is 20.2 Å². The summed E-state index contributed by atoms with van der Waals surface area (Å²) < 4.78 is 5.41. The molecule has 0 saturated heterocycles. The van der Waals surface area contributed by atoms with Crippen LogP contribution in [0.4, 0.5) is 0 Å². The van der Waals surface area contributed by atoms with Crippen LogP contribution in [-0.4, -0.2) is 30.1 Å². The molecule has 21 heavy (non-hydrogen) atoms. The summed E-state index contributed by atoms with van der Waals surface area (Å²) >= 11 is 5.05. The van der Waals surface area contributed by atoms with Crippen LogP contribution in [-0.2, 0) is 6.54 Å². The van der Waals surface area contributed by atoms with Crippen molar-refractivity contribution in [2.45, 2.75) is 46.1 Å². The second-order valence-electron chi connectivity index (χ2n) is 5.38. The molecule has 0 heterocycles. The van der Waals surface area contributed by atoms with Gasteiger partial charge in [-0.25, -0.2) is 0 Å². The normalized spacial score (nSPS) is 10.9. The van der Waals surface area contributed by atoms with Crippen molar-refractivity contribution in [3.05, 3.63) is 29.3 Å². The van der Waals surface area contributed by atoms with Crippen LogP contribution in [0.5, 0.6) is 5.75 Å². The Labute approximate surface area is 134 Å². The van der Waals surface area contributed by atoms with Gasteiger partial charge < -0.3 is 10.5 Å². The SMILES string of the molecule is CCCCN(CCCC)Cc1ccc(C(N)=S)c(OC)c1. The van der Waals surface area contributed by atoms with Crippen LogP contribution >= 0.6 is 12.2 Å². The van der Waals surface area contributed by atoms with Crippen molar-refractivity contribution in [1.82, 2.24) is 4.90 Å². The van der Waals surface area contributed by atoms with Crippen LogP contribution in [0.15, 0.2) is 18.2 Å². The smallest absolute Gasteiger partial charge is 0.129 e. The lowest BCUT2D eigenvalue weighted by atomic mass is 10.1. The first kappa shape index (κ1) is 17.9. The van der Waals surface area contributed by atoms with Crippen molar-refractivity contribution >= 4 is 17.2 Å². The Balaban J connectivity index is 2.79. The van der Waals surface area contributed by atoms with E-state index in [1.807, 2.05) is 6.07 Å². The topological polar surface area (TPSA) is 38.5 Å². The molecule has 0 unspecified atom stereocenters. The van der Waals surface area contributed by atoms with Crippen LogP contribution in [0, 0.1) is 0 Å². The maximum Gasteiger partial charge on any atom is 0.129 e. The van der Waals surface area contributed by atoms with Crippen molar-refractivity contribution in [3.63, 3.8) is 0 Å². The second-order valence-corrected chi connectivity index (χ2v) is 5.82. The summed E-state index contributed by atoms with van der Waals surface area (Å²) in [5.41, 5.74) is 7.77. The number of unbranched alkanes of at least 4 members (excludes halogenated alkanes) is 2. The summed E-state index contributed by atoms with van der Waals surface area (Å²) in [5.74, 6) is 0.769. The molecule has 0 bridgehead atoms. The van der Waals surface area contributed by atoms with Gasteiger partial charge in [-0.05, 0) is 43.6 Å². The molecule has 3 nitrogen and oxygen atoms in total. The summed E-state index contributed by atoms with van der Waals surface area (Å²) in [4.78, 5) is 2.90. The Bertz CT molecular complexity index is 440. The third kappa shape index (κ3) is 6.02. The molecule has 1 aromatic carbocycles. The Morgan fingerprint density at radius 1 is 1.19 bits per heavy atom. The minimum Gasteiger partial charge on any atom is -0.496 e. The first-order chi connectivity index (χ1) is 10.1. The van der Waals surface area contributed by atoms with Gasteiger partial charge in [-0.15, -0.1) is 0 Å². The number of rotatable bonds is 10. The van der Waals surface area contributed by atoms with Gasteiger partial charge in [0.05, 0.1) is 12.7 Å². The van der Waals surface area contributed by atoms with E-state index in [1.165, 1.54) is 31.2 Å². The first-order valence-corrected chi connectivity index (χ1v) is 8.22. The highest BCUT2D eigenvalue weighted by atomic mass is 32.1. The minimum atomic E-state index is 0.382. The lowest BCUT2D eigenvalue weighted by molar-refractivity contribution is 0.256. The number of hydrogen-bond donors (Lipinski definition) is 1. The van der Waals surface area contributed by atoms with E-state index in [0.29, 0.717) is 4.99 Å². The zero-order chi connectivity index (χ0) is 15.7. The highest BCUT2D eigenvalue weighted by molar-refractivity contribution is 7.80. The number of thiocarbonyl (C=S) groups is 1. The van der Waals surface area contributed by atoms with Gasteiger partial charge >= 0.3 is 0 Å². The van der Waals surface area contributed by atoms with Gasteiger partial charge in [0.2, 0.25) is 0 Å². The minimum absolute atomic E-state index is 0.382. The molecule has 2 N–H and O–H groups in total. The fourth-order valence-electron chi connectivity index (χ4n) is 2.33. The number of hydrogen-bond acceptors (Lipinski definition) is 3. The molecular formula is C17H28N2OS. The summed E-state index contributed by atoms with van der Waals surface area (Å²) in [7, 11) is 1.66. The fraction of sp³-hybridized carbons (Fsp3) is 0.588. The molecule has 0 amide bonds. The van der Waals surface area contributed by atoms with E-state index in [0.717, 1.165) is 30.9 Å².